The summed E-state index contributed by atoms with van der Waals surface area (Å²) in [5.41, 5.74) is 8.77. The summed E-state index contributed by atoms with van der Waals surface area (Å²) in [5, 5.41) is 7.49. The van der Waals surface area contributed by atoms with Crippen LogP contribution < -0.4 is 0 Å². The standard InChI is InChI=1S/C46H30N4S/c1-3-13-29(14-4-1)36-28-37(30-15-5-2-6-16-30)48-46(47-36)50-39-21-11-8-19-34(39)45-41(50)25-24-40-44(45)33-18-7-10-20-38(33)49(40)31-23-26-43-35(27-31)32-17-9-12-22-42(32)51-43/h1-15,17-28,30H,16H2. The Morgan fingerprint density at radius 1 is 0.529 bits per heavy atom. The second kappa shape index (κ2) is 11.1. The van der Waals surface area contributed by atoms with Gasteiger partial charge in [0.05, 0.1) is 33.5 Å². The van der Waals surface area contributed by atoms with Crippen molar-refractivity contribution in [1.29, 1.82) is 0 Å². The molecular formula is C46H30N4S. The van der Waals surface area contributed by atoms with Crippen LogP contribution in [0.2, 0.25) is 0 Å². The fourth-order valence-electron chi connectivity index (χ4n) is 8.16. The summed E-state index contributed by atoms with van der Waals surface area (Å²) < 4.78 is 7.34. The van der Waals surface area contributed by atoms with Crippen LogP contribution in [0.1, 0.15) is 18.0 Å². The second-order valence-electron chi connectivity index (χ2n) is 13.3. The molecule has 4 nitrogen and oxygen atoms in total. The summed E-state index contributed by atoms with van der Waals surface area (Å²) >= 11 is 1.86. The van der Waals surface area contributed by atoms with Gasteiger partial charge in [0, 0.05) is 58.9 Å². The number of hydrogen-bond acceptors (Lipinski definition) is 3. The van der Waals surface area contributed by atoms with Crippen molar-refractivity contribution in [3.05, 3.63) is 170 Å². The van der Waals surface area contributed by atoms with E-state index in [2.05, 4.69) is 173 Å². The van der Waals surface area contributed by atoms with Gasteiger partial charge in [-0.3, -0.25) is 4.57 Å². The number of thiophene rings is 1. The highest BCUT2D eigenvalue weighted by atomic mass is 32.1. The number of benzene rings is 6. The van der Waals surface area contributed by atoms with Gasteiger partial charge in [-0.2, -0.15) is 0 Å². The van der Waals surface area contributed by atoms with Crippen molar-refractivity contribution >= 4 is 75.1 Å². The molecule has 1 atom stereocenters. The highest BCUT2D eigenvalue weighted by Gasteiger charge is 2.23. The van der Waals surface area contributed by atoms with Gasteiger partial charge in [0.2, 0.25) is 5.95 Å². The molecule has 1 unspecified atom stereocenters. The van der Waals surface area contributed by atoms with Crippen molar-refractivity contribution in [2.24, 2.45) is 0 Å². The van der Waals surface area contributed by atoms with Crippen LogP contribution in [0, 0.1) is 0 Å². The Labute approximate surface area is 297 Å². The van der Waals surface area contributed by atoms with E-state index in [1.807, 2.05) is 11.3 Å². The van der Waals surface area contributed by atoms with E-state index < -0.39 is 0 Å². The third kappa shape index (κ3) is 4.32. The van der Waals surface area contributed by atoms with E-state index in [9.17, 15) is 0 Å². The zero-order valence-corrected chi connectivity index (χ0v) is 28.4. The first-order valence-electron chi connectivity index (χ1n) is 17.5. The molecule has 0 fully saturated rings. The first kappa shape index (κ1) is 28.5. The van der Waals surface area contributed by atoms with Gasteiger partial charge in [0.25, 0.3) is 0 Å². The van der Waals surface area contributed by atoms with Crippen LogP contribution in [-0.2, 0) is 0 Å². The molecule has 1 aliphatic carbocycles. The van der Waals surface area contributed by atoms with E-state index >= 15 is 0 Å². The van der Waals surface area contributed by atoms with E-state index in [1.54, 1.807) is 0 Å². The van der Waals surface area contributed by atoms with Crippen molar-refractivity contribution in [3.63, 3.8) is 0 Å². The van der Waals surface area contributed by atoms with Gasteiger partial charge in [-0.25, -0.2) is 9.97 Å². The van der Waals surface area contributed by atoms with Crippen LogP contribution in [0.3, 0.4) is 0 Å². The molecule has 0 bridgehead atoms. The first-order chi connectivity index (χ1) is 25.3. The van der Waals surface area contributed by atoms with E-state index in [4.69, 9.17) is 9.97 Å². The quantitative estimate of drug-likeness (QED) is 0.187. The van der Waals surface area contributed by atoms with Crippen molar-refractivity contribution in [1.82, 2.24) is 19.1 Å². The van der Waals surface area contributed by atoms with Gasteiger partial charge in [0.15, 0.2) is 0 Å². The molecule has 11 rings (SSSR count). The summed E-state index contributed by atoms with van der Waals surface area (Å²) in [6.45, 7) is 0. The molecule has 0 aliphatic heterocycles. The lowest BCUT2D eigenvalue weighted by Gasteiger charge is -2.16. The van der Waals surface area contributed by atoms with E-state index in [-0.39, 0.29) is 5.92 Å². The number of hydrogen-bond donors (Lipinski definition) is 0. The largest absolute Gasteiger partial charge is 0.309 e. The number of allylic oxidation sites excluding steroid dienone is 4. The Hall–Kier alpha value is -6.30. The highest BCUT2D eigenvalue weighted by Crippen LogP contribution is 2.43. The fraction of sp³-hybridized carbons (Fsp3) is 0.0435. The number of nitrogens with zero attached hydrogens (tertiary/aromatic N) is 4. The monoisotopic (exact) mass is 670 g/mol. The summed E-state index contributed by atoms with van der Waals surface area (Å²) in [4.78, 5) is 10.6. The number of fused-ring (bicyclic) bond motifs is 10. The molecule has 4 aromatic heterocycles. The molecule has 0 saturated heterocycles. The van der Waals surface area contributed by atoms with Crippen LogP contribution in [0.5, 0.6) is 0 Å². The molecule has 240 valence electrons. The predicted octanol–water partition coefficient (Wildman–Crippen LogP) is 12.3. The smallest absolute Gasteiger partial charge is 0.235 e. The molecular weight excluding hydrogens is 641 g/mol. The average Bonchev–Trinajstić information content (AvgIpc) is 3.85. The Morgan fingerprint density at radius 2 is 1.20 bits per heavy atom. The second-order valence-corrected chi connectivity index (χ2v) is 14.4. The molecule has 6 aromatic carbocycles. The van der Waals surface area contributed by atoms with E-state index in [0.717, 1.165) is 34.4 Å². The van der Waals surface area contributed by atoms with E-state index in [0.29, 0.717) is 5.95 Å². The molecule has 5 heteroatoms. The maximum Gasteiger partial charge on any atom is 0.235 e. The summed E-state index contributed by atoms with van der Waals surface area (Å²) in [7, 11) is 0. The minimum absolute atomic E-state index is 0.190. The molecule has 4 heterocycles. The topological polar surface area (TPSA) is 35.6 Å². The van der Waals surface area contributed by atoms with Crippen LogP contribution in [0.4, 0.5) is 0 Å². The van der Waals surface area contributed by atoms with Gasteiger partial charge in [-0.05, 0) is 61.0 Å². The summed E-state index contributed by atoms with van der Waals surface area (Å²) in [5.74, 6) is 0.882. The Balaban J connectivity index is 1.21. The van der Waals surface area contributed by atoms with Crippen molar-refractivity contribution in [2.75, 3.05) is 0 Å². The van der Waals surface area contributed by atoms with Crippen molar-refractivity contribution in [2.45, 2.75) is 12.3 Å². The van der Waals surface area contributed by atoms with Gasteiger partial charge in [-0.1, -0.05) is 109 Å². The van der Waals surface area contributed by atoms with E-state index in [1.165, 1.54) is 58.4 Å². The summed E-state index contributed by atoms with van der Waals surface area (Å²) in [6.07, 6.45) is 9.64. The highest BCUT2D eigenvalue weighted by molar-refractivity contribution is 7.25. The molecule has 51 heavy (non-hydrogen) atoms. The van der Waals surface area contributed by atoms with Crippen LogP contribution in [0.25, 0.3) is 86.7 Å². The molecule has 0 amide bonds. The first-order valence-corrected chi connectivity index (χ1v) is 18.3. The summed E-state index contributed by atoms with van der Waals surface area (Å²) in [6, 6.07) is 50.4. The molecule has 0 spiro atoms. The Morgan fingerprint density at radius 3 is 1.96 bits per heavy atom. The van der Waals surface area contributed by atoms with Gasteiger partial charge < -0.3 is 4.57 Å². The minimum atomic E-state index is 0.190. The SMILES string of the molecule is C1=CCC(c2cc(-c3ccccc3)nc(-n3c4ccccc4c4c5c6ccccc6n(-c6ccc7sc8ccccc8c7c6)c5ccc43)n2)C=C1. The lowest BCUT2D eigenvalue weighted by Crippen LogP contribution is -2.08. The lowest BCUT2D eigenvalue weighted by molar-refractivity contribution is 0.797. The Kier molecular flexibility index (Phi) is 6.21. The average molecular weight is 671 g/mol. The maximum absolute atomic E-state index is 5.33. The number of rotatable bonds is 4. The van der Waals surface area contributed by atoms with Crippen LogP contribution in [-0.4, -0.2) is 19.1 Å². The zero-order valence-electron chi connectivity index (χ0n) is 27.6. The molecule has 10 aromatic rings. The van der Waals surface area contributed by atoms with Gasteiger partial charge in [-0.15, -0.1) is 11.3 Å². The van der Waals surface area contributed by atoms with Crippen LogP contribution in [0.15, 0.2) is 164 Å². The number of aromatic nitrogens is 4. The zero-order chi connectivity index (χ0) is 33.5. The molecule has 0 radical (unpaired) electrons. The molecule has 0 saturated carbocycles. The normalized spacial score (nSPS) is 14.6. The molecule has 1 aliphatic rings. The predicted molar refractivity (Wildman–Crippen MR) is 215 cm³/mol. The third-order valence-electron chi connectivity index (χ3n) is 10.5. The van der Waals surface area contributed by atoms with Crippen LogP contribution >= 0.6 is 11.3 Å². The van der Waals surface area contributed by atoms with Gasteiger partial charge in [0.1, 0.15) is 0 Å². The fourth-order valence-corrected chi connectivity index (χ4v) is 9.25. The minimum Gasteiger partial charge on any atom is -0.309 e. The Bertz CT molecular complexity index is 3070. The lowest BCUT2D eigenvalue weighted by atomic mass is 9.96. The van der Waals surface area contributed by atoms with Crippen molar-refractivity contribution < 1.29 is 0 Å². The van der Waals surface area contributed by atoms with Crippen molar-refractivity contribution in [3.8, 4) is 22.9 Å². The number of para-hydroxylation sites is 2. The molecule has 0 N–H and O–H groups in total. The maximum atomic E-state index is 5.33. The van der Waals surface area contributed by atoms with Gasteiger partial charge >= 0.3 is 0 Å². The third-order valence-corrected chi connectivity index (χ3v) is 11.6.